The molecule has 0 spiro atoms. The Morgan fingerprint density at radius 1 is 1.46 bits per heavy atom. The van der Waals surface area contributed by atoms with Gasteiger partial charge in [0.05, 0.1) is 18.7 Å². The van der Waals surface area contributed by atoms with Crippen LogP contribution in [-0.2, 0) is 18.4 Å². The Kier molecular flexibility index (Phi) is 6.31. The Labute approximate surface area is 151 Å². The third-order valence-corrected chi connectivity index (χ3v) is 5.32. The summed E-state index contributed by atoms with van der Waals surface area (Å²) in [5.41, 5.74) is 1.11. The fourth-order valence-corrected chi connectivity index (χ4v) is 3.59. The molecule has 0 unspecified atom stereocenters. The van der Waals surface area contributed by atoms with Crippen molar-refractivity contribution in [3.05, 3.63) is 28.0 Å². The summed E-state index contributed by atoms with van der Waals surface area (Å²) in [7, 11) is 1.89. The predicted molar refractivity (Wildman–Crippen MR) is 95.4 cm³/mol. The summed E-state index contributed by atoms with van der Waals surface area (Å²) in [6.45, 7) is 6.12. The quantitative estimate of drug-likeness (QED) is 0.831. The average molecular weight is 371 g/mol. The fraction of sp³-hybridized carbons (Fsp3) is 0.600. The summed E-state index contributed by atoms with van der Waals surface area (Å²) in [5.74, 6) is 0.525. The summed E-state index contributed by atoms with van der Waals surface area (Å²) >= 11 is 1.56. The van der Waals surface area contributed by atoms with Crippen molar-refractivity contribution in [2.24, 2.45) is 13.0 Å². The van der Waals surface area contributed by atoms with Gasteiger partial charge in [0.1, 0.15) is 10.0 Å². The molecule has 1 aliphatic rings. The zero-order valence-electron chi connectivity index (χ0n) is 14.0. The van der Waals surface area contributed by atoms with E-state index in [9.17, 15) is 4.79 Å². The maximum atomic E-state index is 12.5. The number of nitrogens with one attached hydrogen (secondary N) is 2. The minimum atomic E-state index is -0.0725. The van der Waals surface area contributed by atoms with Gasteiger partial charge in [0.15, 0.2) is 0 Å². The number of hydrogen-bond donors (Lipinski definition) is 2. The highest BCUT2D eigenvalue weighted by atomic mass is 35.5. The van der Waals surface area contributed by atoms with Gasteiger partial charge in [-0.2, -0.15) is 5.10 Å². The highest BCUT2D eigenvalue weighted by molar-refractivity contribution is 7.11. The summed E-state index contributed by atoms with van der Waals surface area (Å²) < 4.78 is 1.78. The van der Waals surface area contributed by atoms with Crippen LogP contribution in [0, 0.1) is 5.92 Å². The Balaban J connectivity index is 0.00000208. The summed E-state index contributed by atoms with van der Waals surface area (Å²) in [4.78, 5) is 12.5. The van der Waals surface area contributed by atoms with Crippen LogP contribution in [0.4, 0.5) is 0 Å². The van der Waals surface area contributed by atoms with Gasteiger partial charge in [-0.05, 0) is 5.56 Å². The van der Waals surface area contributed by atoms with Gasteiger partial charge in [-0.25, -0.2) is 0 Å². The Bertz CT molecular complexity index is 685. The first kappa shape index (κ1) is 18.8. The minimum absolute atomic E-state index is 0. The van der Waals surface area contributed by atoms with Gasteiger partial charge in [-0.1, -0.05) is 25.2 Å². The number of nitrogens with zero attached hydrogens (tertiary/aromatic N) is 4. The Hall–Kier alpha value is -1.51. The van der Waals surface area contributed by atoms with Crippen LogP contribution in [0.5, 0.6) is 0 Å². The van der Waals surface area contributed by atoms with Crippen molar-refractivity contribution >= 4 is 29.7 Å². The molecule has 0 aliphatic carbocycles. The second-order valence-corrected chi connectivity index (χ2v) is 7.32. The SMILES string of the molecule is CC(C)c1nnc(CNC(=O)[C@H]2CNC[C@@H]2c2cnn(C)c2)s1.Cl. The lowest BCUT2D eigenvalue weighted by Gasteiger charge is -2.16. The molecule has 3 heterocycles. The van der Waals surface area contributed by atoms with E-state index in [4.69, 9.17) is 0 Å². The van der Waals surface area contributed by atoms with E-state index in [2.05, 4.69) is 39.8 Å². The number of aryl methyl sites for hydroxylation is 1. The van der Waals surface area contributed by atoms with Crippen molar-refractivity contribution < 1.29 is 4.79 Å². The second-order valence-electron chi connectivity index (χ2n) is 6.23. The van der Waals surface area contributed by atoms with Crippen LogP contribution in [-0.4, -0.2) is 39.0 Å². The molecule has 0 saturated carbocycles. The number of hydrogen-bond acceptors (Lipinski definition) is 6. The molecule has 2 atom stereocenters. The average Bonchev–Trinajstić information content (AvgIpc) is 3.24. The zero-order chi connectivity index (χ0) is 16.4. The number of rotatable bonds is 5. The first-order chi connectivity index (χ1) is 11.0. The zero-order valence-corrected chi connectivity index (χ0v) is 15.7. The van der Waals surface area contributed by atoms with Gasteiger partial charge in [-0.15, -0.1) is 22.6 Å². The van der Waals surface area contributed by atoms with E-state index in [-0.39, 0.29) is 30.2 Å². The lowest BCUT2D eigenvalue weighted by molar-refractivity contribution is -0.125. The van der Waals surface area contributed by atoms with Crippen LogP contribution in [0.15, 0.2) is 12.4 Å². The molecular weight excluding hydrogens is 348 g/mol. The third-order valence-electron chi connectivity index (χ3n) is 4.09. The van der Waals surface area contributed by atoms with Crippen LogP contribution >= 0.6 is 23.7 Å². The molecule has 0 radical (unpaired) electrons. The standard InChI is InChI=1S/C15H22N6OS.ClH/c1-9(2)15-20-19-13(23-15)7-17-14(22)12-6-16-5-11(12)10-4-18-21(3)8-10;/h4,8-9,11-12,16H,5-7H2,1-3H3,(H,17,22);1H/t11-,12+;/m1./s1. The third kappa shape index (κ3) is 4.12. The monoisotopic (exact) mass is 370 g/mol. The van der Waals surface area contributed by atoms with Gasteiger partial charge in [0, 0.05) is 38.2 Å². The summed E-state index contributed by atoms with van der Waals surface area (Å²) in [6.07, 6.45) is 3.83. The molecule has 7 nitrogen and oxygen atoms in total. The number of amides is 1. The topological polar surface area (TPSA) is 84.7 Å². The van der Waals surface area contributed by atoms with Gasteiger partial charge in [0.2, 0.25) is 5.91 Å². The first-order valence-corrected chi connectivity index (χ1v) is 8.65. The predicted octanol–water partition coefficient (Wildman–Crippen LogP) is 1.44. The maximum absolute atomic E-state index is 12.5. The minimum Gasteiger partial charge on any atom is -0.349 e. The van der Waals surface area contributed by atoms with E-state index >= 15 is 0 Å². The van der Waals surface area contributed by atoms with Gasteiger partial charge in [-0.3, -0.25) is 9.48 Å². The van der Waals surface area contributed by atoms with Gasteiger partial charge >= 0.3 is 0 Å². The van der Waals surface area contributed by atoms with E-state index in [1.807, 2.05) is 19.4 Å². The van der Waals surface area contributed by atoms with Crippen LogP contribution in [0.3, 0.4) is 0 Å². The lowest BCUT2D eigenvalue weighted by atomic mass is 9.90. The highest BCUT2D eigenvalue weighted by Gasteiger charge is 2.34. The fourth-order valence-electron chi connectivity index (χ4n) is 2.80. The molecule has 2 N–H and O–H groups in total. The molecule has 0 aromatic carbocycles. The molecule has 1 amide bonds. The number of aromatic nitrogens is 4. The van der Waals surface area contributed by atoms with Crippen LogP contribution in [0.25, 0.3) is 0 Å². The first-order valence-electron chi connectivity index (χ1n) is 7.84. The largest absolute Gasteiger partial charge is 0.349 e. The van der Waals surface area contributed by atoms with Crippen molar-refractivity contribution in [2.75, 3.05) is 13.1 Å². The van der Waals surface area contributed by atoms with Gasteiger partial charge in [0.25, 0.3) is 0 Å². The van der Waals surface area contributed by atoms with Crippen LogP contribution in [0.1, 0.15) is 41.3 Å². The molecule has 1 saturated heterocycles. The Morgan fingerprint density at radius 2 is 2.25 bits per heavy atom. The second kappa shape index (κ2) is 8.04. The molecule has 1 aliphatic heterocycles. The van der Waals surface area contributed by atoms with E-state index < -0.39 is 0 Å². The lowest BCUT2D eigenvalue weighted by Crippen LogP contribution is -2.33. The van der Waals surface area contributed by atoms with Crippen molar-refractivity contribution in [3.63, 3.8) is 0 Å². The number of carbonyl (C=O) groups is 1. The molecule has 2 aromatic rings. The maximum Gasteiger partial charge on any atom is 0.225 e. The van der Waals surface area contributed by atoms with E-state index in [1.165, 1.54) is 0 Å². The van der Waals surface area contributed by atoms with Crippen molar-refractivity contribution in [3.8, 4) is 0 Å². The van der Waals surface area contributed by atoms with Crippen molar-refractivity contribution in [1.82, 2.24) is 30.6 Å². The van der Waals surface area contributed by atoms with Crippen LogP contribution in [0.2, 0.25) is 0 Å². The number of carbonyl (C=O) groups excluding carboxylic acids is 1. The van der Waals surface area contributed by atoms with E-state index in [0.717, 1.165) is 22.1 Å². The molecule has 0 bridgehead atoms. The molecule has 3 rings (SSSR count). The molecule has 24 heavy (non-hydrogen) atoms. The summed E-state index contributed by atoms with van der Waals surface area (Å²) in [6, 6.07) is 0. The smallest absolute Gasteiger partial charge is 0.225 e. The van der Waals surface area contributed by atoms with Gasteiger partial charge < -0.3 is 10.6 Å². The Morgan fingerprint density at radius 3 is 2.88 bits per heavy atom. The molecule has 132 valence electrons. The number of halogens is 1. The van der Waals surface area contributed by atoms with Crippen molar-refractivity contribution in [2.45, 2.75) is 32.2 Å². The molecule has 1 fully saturated rings. The molecular formula is C15H23ClN6OS. The van der Waals surface area contributed by atoms with E-state index in [0.29, 0.717) is 19.0 Å². The molecule has 9 heteroatoms. The van der Waals surface area contributed by atoms with Crippen molar-refractivity contribution in [1.29, 1.82) is 0 Å². The normalized spacial score (nSPS) is 20.2. The highest BCUT2D eigenvalue weighted by Crippen LogP contribution is 2.28. The van der Waals surface area contributed by atoms with Crippen LogP contribution < -0.4 is 10.6 Å². The molecule has 2 aromatic heterocycles. The van der Waals surface area contributed by atoms with E-state index in [1.54, 1.807) is 16.0 Å². The summed E-state index contributed by atoms with van der Waals surface area (Å²) in [5, 5.41) is 20.7.